The van der Waals surface area contributed by atoms with Crippen molar-refractivity contribution in [1.82, 2.24) is 0 Å². The summed E-state index contributed by atoms with van der Waals surface area (Å²) < 4.78 is 0. The molecule has 4 fully saturated rings. The van der Waals surface area contributed by atoms with E-state index in [0.29, 0.717) is 11.2 Å². The smallest absolute Gasteiger partial charge is 0.139 e. The van der Waals surface area contributed by atoms with E-state index >= 15 is 0 Å². The Balaban J connectivity index is 1.62. The highest BCUT2D eigenvalue weighted by Gasteiger charge is 2.58. The number of hydrogen-bond acceptors (Lipinski definition) is 1. The first kappa shape index (κ1) is 14.3. The third kappa shape index (κ3) is 1.91. The van der Waals surface area contributed by atoms with Crippen molar-refractivity contribution in [2.24, 2.45) is 40.4 Å². The van der Waals surface area contributed by atoms with Gasteiger partial charge < -0.3 is 0 Å². The molecule has 0 aromatic heterocycles. The van der Waals surface area contributed by atoms with Crippen LogP contribution in [-0.4, -0.2) is 5.78 Å². The van der Waals surface area contributed by atoms with Gasteiger partial charge >= 0.3 is 0 Å². The summed E-state index contributed by atoms with van der Waals surface area (Å²) in [7, 11) is 0. The molecular formula is C20H32O. The minimum atomic E-state index is 0.0663. The largest absolute Gasteiger partial charge is 0.299 e. The van der Waals surface area contributed by atoms with E-state index in [1.54, 1.807) is 0 Å². The van der Waals surface area contributed by atoms with Crippen LogP contribution in [0, 0.1) is 40.4 Å². The maximum absolute atomic E-state index is 12.4. The summed E-state index contributed by atoms with van der Waals surface area (Å²) in [6.45, 7) is 7.36. The number of carbonyl (C=O) groups excluding carboxylic acids is 1. The molecule has 4 aliphatic rings. The molecule has 7 atom stereocenters. The fourth-order valence-electron chi connectivity index (χ4n) is 7.38. The van der Waals surface area contributed by atoms with Crippen LogP contribution >= 0.6 is 0 Å². The van der Waals surface area contributed by atoms with Crippen molar-refractivity contribution in [2.75, 3.05) is 0 Å². The monoisotopic (exact) mass is 288 g/mol. The fraction of sp³-hybridized carbons (Fsp3) is 0.950. The standard InChI is InChI=1S/C20H32O/c1-13-4-5-16-14-9-11-20(3)17(6-7-18(20)21)15(14)8-10-19(16,2)12-13/h13-17H,4-12H2,1-3H3. The van der Waals surface area contributed by atoms with E-state index in [1.165, 1.54) is 51.4 Å². The molecule has 0 heterocycles. The molecule has 1 nitrogen and oxygen atoms in total. The molecule has 0 radical (unpaired) electrons. The third-order valence-electron chi connectivity index (χ3n) is 8.45. The second-order valence-corrected chi connectivity index (χ2v) is 9.54. The number of fused-ring (bicyclic) bond motifs is 5. The van der Waals surface area contributed by atoms with Crippen LogP contribution in [0.25, 0.3) is 0 Å². The molecule has 0 N–H and O–H groups in total. The lowest BCUT2D eigenvalue weighted by Gasteiger charge is -2.59. The molecule has 0 spiro atoms. The number of carbonyl (C=O) groups is 1. The molecule has 0 aromatic carbocycles. The molecule has 4 aliphatic carbocycles. The summed E-state index contributed by atoms with van der Waals surface area (Å²) in [5.41, 5.74) is 0.687. The SMILES string of the molecule is CC1CCC2C3CCC4(C)C(=O)CCC4C3CCC2(C)C1. The number of rotatable bonds is 0. The van der Waals surface area contributed by atoms with E-state index in [0.717, 1.165) is 36.0 Å². The topological polar surface area (TPSA) is 17.1 Å². The Bertz CT molecular complexity index is 455. The zero-order valence-electron chi connectivity index (χ0n) is 14.2. The van der Waals surface area contributed by atoms with E-state index in [9.17, 15) is 4.79 Å². The lowest BCUT2D eigenvalue weighted by Crippen LogP contribution is -2.51. The molecule has 21 heavy (non-hydrogen) atoms. The molecule has 1 heteroatoms. The summed E-state index contributed by atoms with van der Waals surface area (Å²) in [5, 5.41) is 0. The molecule has 0 bridgehead atoms. The predicted molar refractivity (Wildman–Crippen MR) is 85.9 cm³/mol. The lowest BCUT2D eigenvalue weighted by molar-refractivity contribution is -0.136. The first-order valence-electron chi connectivity index (χ1n) is 9.47. The molecule has 7 unspecified atom stereocenters. The minimum absolute atomic E-state index is 0.0663. The van der Waals surface area contributed by atoms with Crippen LogP contribution in [0.2, 0.25) is 0 Å². The van der Waals surface area contributed by atoms with Crippen molar-refractivity contribution >= 4 is 5.78 Å². The van der Waals surface area contributed by atoms with Gasteiger partial charge in [-0.05, 0) is 80.0 Å². The summed E-state index contributed by atoms with van der Waals surface area (Å²) in [5.74, 6) is 5.04. The first-order chi connectivity index (χ1) is 9.94. The Hall–Kier alpha value is -0.330. The van der Waals surface area contributed by atoms with Gasteiger partial charge in [0, 0.05) is 11.8 Å². The third-order valence-corrected chi connectivity index (χ3v) is 8.45. The van der Waals surface area contributed by atoms with Crippen LogP contribution in [0.1, 0.15) is 78.6 Å². The van der Waals surface area contributed by atoms with Gasteiger partial charge in [-0.25, -0.2) is 0 Å². The van der Waals surface area contributed by atoms with Crippen molar-refractivity contribution in [1.29, 1.82) is 0 Å². The predicted octanol–water partition coefficient (Wildman–Crippen LogP) is 5.23. The summed E-state index contributed by atoms with van der Waals surface area (Å²) in [6, 6.07) is 0. The zero-order valence-corrected chi connectivity index (χ0v) is 14.2. The minimum Gasteiger partial charge on any atom is -0.299 e. The highest BCUT2D eigenvalue weighted by Crippen LogP contribution is 2.64. The molecule has 0 aromatic rings. The summed E-state index contributed by atoms with van der Waals surface area (Å²) in [6.07, 6.45) is 11.8. The van der Waals surface area contributed by atoms with E-state index in [2.05, 4.69) is 20.8 Å². The maximum atomic E-state index is 12.4. The van der Waals surface area contributed by atoms with Crippen LogP contribution in [-0.2, 0) is 4.79 Å². The van der Waals surface area contributed by atoms with Gasteiger partial charge in [-0.1, -0.05) is 27.2 Å². The van der Waals surface area contributed by atoms with Crippen LogP contribution in [0.4, 0.5) is 0 Å². The van der Waals surface area contributed by atoms with Crippen molar-refractivity contribution in [2.45, 2.75) is 78.6 Å². The van der Waals surface area contributed by atoms with Gasteiger partial charge in [-0.2, -0.15) is 0 Å². The Kier molecular flexibility index (Phi) is 3.12. The summed E-state index contributed by atoms with van der Waals surface area (Å²) in [4.78, 5) is 12.4. The van der Waals surface area contributed by atoms with Crippen molar-refractivity contribution in [3.8, 4) is 0 Å². The van der Waals surface area contributed by atoms with Gasteiger partial charge in [0.15, 0.2) is 0 Å². The Labute approximate surface area is 130 Å². The molecule has 0 amide bonds. The van der Waals surface area contributed by atoms with Crippen molar-refractivity contribution in [3.05, 3.63) is 0 Å². The Morgan fingerprint density at radius 1 is 0.905 bits per heavy atom. The second-order valence-electron chi connectivity index (χ2n) is 9.54. The molecule has 0 saturated heterocycles. The normalized spacial score (nSPS) is 56.5. The van der Waals surface area contributed by atoms with Crippen molar-refractivity contribution in [3.63, 3.8) is 0 Å². The first-order valence-corrected chi connectivity index (χ1v) is 9.47. The lowest BCUT2D eigenvalue weighted by atomic mass is 9.46. The quantitative estimate of drug-likeness (QED) is 0.596. The average Bonchev–Trinajstić information content (AvgIpc) is 2.73. The molecule has 0 aliphatic heterocycles. The average molecular weight is 288 g/mol. The van der Waals surface area contributed by atoms with Gasteiger partial charge in [0.1, 0.15) is 5.78 Å². The number of Topliss-reactive ketones (excluding diaryl/α,β-unsaturated/α-hetero) is 1. The Morgan fingerprint density at radius 3 is 2.43 bits per heavy atom. The Morgan fingerprint density at radius 2 is 1.62 bits per heavy atom. The molecule has 118 valence electrons. The second kappa shape index (κ2) is 4.59. The molecular weight excluding hydrogens is 256 g/mol. The molecule has 4 saturated carbocycles. The van der Waals surface area contributed by atoms with Gasteiger partial charge in [0.25, 0.3) is 0 Å². The van der Waals surface area contributed by atoms with Gasteiger partial charge in [-0.3, -0.25) is 4.79 Å². The van der Waals surface area contributed by atoms with Gasteiger partial charge in [0.2, 0.25) is 0 Å². The van der Waals surface area contributed by atoms with Crippen molar-refractivity contribution < 1.29 is 4.79 Å². The van der Waals surface area contributed by atoms with Crippen LogP contribution < -0.4 is 0 Å². The van der Waals surface area contributed by atoms with E-state index < -0.39 is 0 Å². The van der Waals surface area contributed by atoms with Crippen LogP contribution in [0.15, 0.2) is 0 Å². The van der Waals surface area contributed by atoms with Gasteiger partial charge in [-0.15, -0.1) is 0 Å². The summed E-state index contributed by atoms with van der Waals surface area (Å²) >= 11 is 0. The number of hydrogen-bond donors (Lipinski definition) is 0. The highest BCUT2D eigenvalue weighted by molar-refractivity contribution is 5.87. The van der Waals surface area contributed by atoms with Crippen LogP contribution in [0.3, 0.4) is 0 Å². The van der Waals surface area contributed by atoms with E-state index in [1.807, 2.05) is 0 Å². The highest BCUT2D eigenvalue weighted by atomic mass is 16.1. The zero-order chi connectivity index (χ0) is 14.8. The van der Waals surface area contributed by atoms with Gasteiger partial charge in [0.05, 0.1) is 0 Å². The van der Waals surface area contributed by atoms with E-state index in [-0.39, 0.29) is 5.41 Å². The van der Waals surface area contributed by atoms with Crippen LogP contribution in [0.5, 0.6) is 0 Å². The van der Waals surface area contributed by atoms with E-state index in [4.69, 9.17) is 0 Å². The molecule has 4 rings (SSSR count). The number of ketones is 1. The fourth-order valence-corrected chi connectivity index (χ4v) is 7.38. The maximum Gasteiger partial charge on any atom is 0.139 e.